The molecule has 0 amide bonds. The molecule has 0 aliphatic carbocycles. The zero-order valence-electron chi connectivity index (χ0n) is 11.9. The van der Waals surface area contributed by atoms with Crippen molar-refractivity contribution >= 4 is 11.8 Å². The van der Waals surface area contributed by atoms with E-state index in [9.17, 15) is 5.11 Å². The largest absolute Gasteiger partial charge is 0.507 e. The van der Waals surface area contributed by atoms with Gasteiger partial charge in [0.2, 0.25) is 0 Å². The first-order valence-corrected chi connectivity index (χ1v) is 7.94. The number of rotatable bonds is 4. The van der Waals surface area contributed by atoms with Crippen LogP contribution in [-0.4, -0.2) is 23.6 Å². The molecule has 1 aliphatic rings. The molecule has 0 bridgehead atoms. The van der Waals surface area contributed by atoms with E-state index in [0.29, 0.717) is 12.4 Å². The van der Waals surface area contributed by atoms with E-state index in [1.54, 1.807) is 17.8 Å². The Balaban J connectivity index is 1.61. The quantitative estimate of drug-likeness (QED) is 0.873. The van der Waals surface area contributed by atoms with E-state index < -0.39 is 5.79 Å². The van der Waals surface area contributed by atoms with Gasteiger partial charge < -0.3 is 14.6 Å². The van der Waals surface area contributed by atoms with Crippen LogP contribution in [0.2, 0.25) is 0 Å². The van der Waals surface area contributed by atoms with Crippen LogP contribution >= 0.6 is 11.8 Å². The third-order valence-corrected chi connectivity index (χ3v) is 4.72. The maximum absolute atomic E-state index is 9.77. The van der Waals surface area contributed by atoms with Crippen molar-refractivity contribution < 1.29 is 14.6 Å². The van der Waals surface area contributed by atoms with Crippen molar-refractivity contribution in [2.45, 2.75) is 23.7 Å². The fraction of sp³-hybridized carbons (Fsp3) is 0.294. The fourth-order valence-electron chi connectivity index (χ4n) is 2.37. The summed E-state index contributed by atoms with van der Waals surface area (Å²) in [5.74, 6) is 0.387. The van der Waals surface area contributed by atoms with Gasteiger partial charge in [-0.05, 0) is 19.1 Å². The molecule has 3 rings (SSSR count). The van der Waals surface area contributed by atoms with Crippen LogP contribution in [0.4, 0.5) is 0 Å². The minimum Gasteiger partial charge on any atom is -0.507 e. The molecule has 1 fully saturated rings. The van der Waals surface area contributed by atoms with Crippen LogP contribution < -0.4 is 0 Å². The lowest BCUT2D eigenvalue weighted by atomic mass is 10.1. The molecule has 110 valence electrons. The number of ether oxygens (including phenoxy) is 2. The van der Waals surface area contributed by atoms with Gasteiger partial charge in [-0.1, -0.05) is 42.5 Å². The zero-order valence-corrected chi connectivity index (χ0v) is 12.7. The Bertz CT molecular complexity index is 602. The first-order chi connectivity index (χ1) is 10.2. The SMILES string of the molecule is CC1(c2ccccc2)OCC(CSc2ccccc2O)O1. The first kappa shape index (κ1) is 14.4. The number of phenolic OH excluding ortho intramolecular Hbond substituents is 1. The number of hydrogen-bond donors (Lipinski definition) is 1. The van der Waals surface area contributed by atoms with Crippen molar-refractivity contribution in [1.29, 1.82) is 0 Å². The highest BCUT2D eigenvalue weighted by atomic mass is 32.2. The molecule has 0 radical (unpaired) electrons. The molecule has 1 saturated heterocycles. The minimum absolute atomic E-state index is 0.0137. The van der Waals surface area contributed by atoms with Crippen molar-refractivity contribution in [3.8, 4) is 5.75 Å². The predicted octanol–water partition coefficient (Wildman–Crippen LogP) is 3.77. The van der Waals surface area contributed by atoms with Crippen LogP contribution in [0.5, 0.6) is 5.75 Å². The maximum Gasteiger partial charge on any atom is 0.192 e. The zero-order chi connectivity index (χ0) is 14.7. The highest BCUT2D eigenvalue weighted by molar-refractivity contribution is 7.99. The van der Waals surface area contributed by atoms with Crippen LogP contribution in [0.25, 0.3) is 0 Å². The molecule has 2 aromatic carbocycles. The fourth-order valence-corrected chi connectivity index (χ4v) is 3.29. The third-order valence-electron chi connectivity index (χ3n) is 3.52. The van der Waals surface area contributed by atoms with E-state index in [-0.39, 0.29) is 6.10 Å². The molecule has 1 heterocycles. The van der Waals surface area contributed by atoms with Crippen LogP contribution in [0, 0.1) is 0 Å². The first-order valence-electron chi connectivity index (χ1n) is 6.95. The number of hydrogen-bond acceptors (Lipinski definition) is 4. The van der Waals surface area contributed by atoms with Gasteiger partial charge in [0.05, 0.1) is 12.7 Å². The van der Waals surface area contributed by atoms with Crippen molar-refractivity contribution in [3.63, 3.8) is 0 Å². The summed E-state index contributed by atoms with van der Waals surface area (Å²) in [7, 11) is 0. The summed E-state index contributed by atoms with van der Waals surface area (Å²) >= 11 is 1.59. The predicted molar refractivity (Wildman–Crippen MR) is 83.4 cm³/mol. The average Bonchev–Trinajstić information content (AvgIpc) is 2.90. The minimum atomic E-state index is -0.675. The average molecular weight is 302 g/mol. The molecule has 1 aliphatic heterocycles. The van der Waals surface area contributed by atoms with Crippen LogP contribution in [-0.2, 0) is 15.3 Å². The maximum atomic E-state index is 9.77. The van der Waals surface area contributed by atoms with E-state index >= 15 is 0 Å². The second-order valence-corrected chi connectivity index (χ2v) is 6.20. The number of thioether (sulfide) groups is 1. The second kappa shape index (κ2) is 6.10. The van der Waals surface area contributed by atoms with Gasteiger partial charge in [-0.3, -0.25) is 0 Å². The third kappa shape index (κ3) is 3.23. The molecule has 0 saturated carbocycles. The number of benzene rings is 2. The topological polar surface area (TPSA) is 38.7 Å². The van der Waals surface area contributed by atoms with Crippen LogP contribution in [0.15, 0.2) is 59.5 Å². The summed E-state index contributed by atoms with van der Waals surface area (Å²) in [6.45, 7) is 2.51. The van der Waals surface area contributed by atoms with E-state index in [1.807, 2.05) is 55.5 Å². The van der Waals surface area contributed by atoms with Crippen molar-refractivity contribution in [2.24, 2.45) is 0 Å². The number of phenols is 1. The molecule has 2 atom stereocenters. The molecule has 3 nitrogen and oxygen atoms in total. The van der Waals surface area contributed by atoms with Gasteiger partial charge in [-0.2, -0.15) is 0 Å². The molecule has 4 heteroatoms. The van der Waals surface area contributed by atoms with Crippen LogP contribution in [0.3, 0.4) is 0 Å². The Morgan fingerprint density at radius 2 is 1.86 bits per heavy atom. The lowest BCUT2D eigenvalue weighted by Gasteiger charge is -2.23. The van der Waals surface area contributed by atoms with E-state index in [1.165, 1.54) is 0 Å². The number of aromatic hydroxyl groups is 1. The molecule has 0 aromatic heterocycles. The van der Waals surface area contributed by atoms with Gasteiger partial charge in [-0.15, -0.1) is 11.8 Å². The van der Waals surface area contributed by atoms with Gasteiger partial charge in [0.1, 0.15) is 5.75 Å². The van der Waals surface area contributed by atoms with Gasteiger partial charge >= 0.3 is 0 Å². The summed E-state index contributed by atoms with van der Waals surface area (Å²) < 4.78 is 11.9. The van der Waals surface area contributed by atoms with Crippen LogP contribution in [0.1, 0.15) is 12.5 Å². The van der Waals surface area contributed by atoms with E-state index in [2.05, 4.69) is 0 Å². The molecule has 2 aromatic rings. The van der Waals surface area contributed by atoms with E-state index in [4.69, 9.17) is 9.47 Å². The summed E-state index contributed by atoms with van der Waals surface area (Å²) in [4.78, 5) is 0.870. The Morgan fingerprint density at radius 3 is 2.62 bits per heavy atom. The highest BCUT2D eigenvalue weighted by Gasteiger charge is 2.38. The molecular formula is C17H18O3S. The summed E-state index contributed by atoms with van der Waals surface area (Å²) in [6, 6.07) is 17.3. The lowest BCUT2D eigenvalue weighted by molar-refractivity contribution is -0.159. The van der Waals surface area contributed by atoms with Gasteiger partial charge in [0.15, 0.2) is 5.79 Å². The number of para-hydroxylation sites is 1. The van der Waals surface area contributed by atoms with Gasteiger partial charge in [-0.25, -0.2) is 0 Å². The Hall–Kier alpha value is -1.49. The Kier molecular flexibility index (Phi) is 4.19. The molecule has 21 heavy (non-hydrogen) atoms. The van der Waals surface area contributed by atoms with Crippen molar-refractivity contribution in [2.75, 3.05) is 12.4 Å². The van der Waals surface area contributed by atoms with Gasteiger partial charge in [0.25, 0.3) is 0 Å². The monoisotopic (exact) mass is 302 g/mol. The molecule has 1 N–H and O–H groups in total. The Labute approximate surface area is 128 Å². The van der Waals surface area contributed by atoms with Gasteiger partial charge in [0, 0.05) is 16.2 Å². The molecular weight excluding hydrogens is 284 g/mol. The smallest absolute Gasteiger partial charge is 0.192 e. The normalized spacial score (nSPS) is 25.1. The lowest BCUT2D eigenvalue weighted by Crippen LogP contribution is -2.24. The molecule has 2 unspecified atom stereocenters. The van der Waals surface area contributed by atoms with Crippen molar-refractivity contribution in [1.82, 2.24) is 0 Å². The summed E-state index contributed by atoms with van der Waals surface area (Å²) in [6.07, 6.45) is 0.0137. The Morgan fingerprint density at radius 1 is 1.14 bits per heavy atom. The summed E-state index contributed by atoms with van der Waals surface area (Å²) in [5.41, 5.74) is 1.03. The van der Waals surface area contributed by atoms with E-state index in [0.717, 1.165) is 16.2 Å². The standard InChI is InChI=1S/C17H18O3S/c1-17(13-7-3-2-4-8-13)19-11-14(20-17)12-21-16-10-6-5-9-15(16)18/h2-10,14,18H,11-12H2,1H3. The highest BCUT2D eigenvalue weighted by Crippen LogP contribution is 2.36. The van der Waals surface area contributed by atoms with Crippen molar-refractivity contribution in [3.05, 3.63) is 60.2 Å². The molecule has 0 spiro atoms. The summed E-state index contributed by atoms with van der Waals surface area (Å²) in [5, 5.41) is 9.77. The second-order valence-electron chi connectivity index (χ2n) is 5.14.